The molecule has 15 heavy (non-hydrogen) atoms. The van der Waals surface area contributed by atoms with E-state index in [2.05, 4.69) is 17.9 Å². The summed E-state index contributed by atoms with van der Waals surface area (Å²) < 4.78 is 0. The Labute approximate surface area is 91.6 Å². The number of carbonyl (C=O) groups excluding carboxylic acids is 1. The number of hydrogen-bond acceptors (Lipinski definition) is 2. The van der Waals surface area contributed by atoms with Gasteiger partial charge in [0, 0.05) is 18.2 Å². The summed E-state index contributed by atoms with van der Waals surface area (Å²) in [7, 11) is 0. The standard InChI is InChI=1S/C13H19NO/c1-11-6-4-5-9-14(11)10-13(15)12-7-2-3-8-12/h4-6,9,11-12H,2-3,7-8,10H2,1H3. The molecule has 1 fully saturated rings. The van der Waals surface area contributed by atoms with Crippen LogP contribution in [-0.2, 0) is 4.79 Å². The Hall–Kier alpha value is -1.05. The Kier molecular flexibility index (Phi) is 3.24. The summed E-state index contributed by atoms with van der Waals surface area (Å²) in [5.74, 6) is 0.774. The van der Waals surface area contributed by atoms with Gasteiger partial charge in [0.15, 0.2) is 5.78 Å². The van der Waals surface area contributed by atoms with Crippen LogP contribution in [0.3, 0.4) is 0 Å². The minimum atomic E-state index is 0.344. The maximum absolute atomic E-state index is 12.0. The Balaban J connectivity index is 1.88. The molecule has 0 aromatic heterocycles. The van der Waals surface area contributed by atoms with Gasteiger partial charge in [-0.05, 0) is 25.8 Å². The summed E-state index contributed by atoms with van der Waals surface area (Å²) >= 11 is 0. The lowest BCUT2D eigenvalue weighted by Gasteiger charge is -2.27. The highest BCUT2D eigenvalue weighted by Crippen LogP contribution is 2.26. The van der Waals surface area contributed by atoms with Crippen LogP contribution in [0.4, 0.5) is 0 Å². The predicted octanol–water partition coefficient (Wildman–Crippen LogP) is 2.52. The van der Waals surface area contributed by atoms with E-state index in [0.717, 1.165) is 12.8 Å². The predicted molar refractivity (Wildman–Crippen MR) is 61.4 cm³/mol. The van der Waals surface area contributed by atoms with Crippen LogP contribution in [0.25, 0.3) is 0 Å². The molecule has 1 aliphatic heterocycles. The lowest BCUT2D eigenvalue weighted by Crippen LogP contribution is -2.35. The van der Waals surface area contributed by atoms with Crippen LogP contribution < -0.4 is 0 Å². The molecule has 2 rings (SSSR count). The molecule has 0 saturated heterocycles. The summed E-state index contributed by atoms with van der Waals surface area (Å²) in [6.45, 7) is 2.72. The lowest BCUT2D eigenvalue weighted by atomic mass is 10.0. The Morgan fingerprint density at radius 1 is 1.33 bits per heavy atom. The molecule has 1 heterocycles. The molecule has 2 aliphatic rings. The van der Waals surface area contributed by atoms with Gasteiger partial charge in [-0.3, -0.25) is 4.79 Å². The second-order valence-electron chi connectivity index (χ2n) is 4.59. The smallest absolute Gasteiger partial charge is 0.155 e. The van der Waals surface area contributed by atoms with Gasteiger partial charge in [0.1, 0.15) is 0 Å². The molecule has 1 aliphatic carbocycles. The molecule has 1 unspecified atom stereocenters. The number of rotatable bonds is 3. The van der Waals surface area contributed by atoms with Gasteiger partial charge in [0.25, 0.3) is 0 Å². The number of Topliss-reactive ketones (excluding diaryl/α,β-unsaturated/α-hetero) is 1. The second kappa shape index (κ2) is 4.65. The Morgan fingerprint density at radius 2 is 2.07 bits per heavy atom. The molecule has 0 aromatic carbocycles. The SMILES string of the molecule is CC1C=CC=CN1CC(=O)C1CCCC1. The highest BCUT2D eigenvalue weighted by atomic mass is 16.1. The fraction of sp³-hybridized carbons (Fsp3) is 0.615. The van der Waals surface area contributed by atoms with Gasteiger partial charge in [0.2, 0.25) is 0 Å². The molecular weight excluding hydrogens is 186 g/mol. The van der Waals surface area contributed by atoms with Crippen molar-refractivity contribution in [2.24, 2.45) is 5.92 Å². The summed E-state index contributed by atoms with van der Waals surface area (Å²) in [6.07, 6.45) is 12.9. The van der Waals surface area contributed by atoms with E-state index >= 15 is 0 Å². The monoisotopic (exact) mass is 205 g/mol. The molecule has 0 aromatic rings. The van der Waals surface area contributed by atoms with Crippen molar-refractivity contribution in [2.45, 2.75) is 38.6 Å². The molecule has 82 valence electrons. The van der Waals surface area contributed by atoms with Crippen LogP contribution in [0.15, 0.2) is 24.4 Å². The fourth-order valence-electron chi connectivity index (χ4n) is 2.39. The Bertz CT molecular complexity index is 287. The molecule has 0 spiro atoms. The number of nitrogens with zero attached hydrogens (tertiary/aromatic N) is 1. The molecule has 1 saturated carbocycles. The van der Waals surface area contributed by atoms with Crippen LogP contribution in [-0.4, -0.2) is 23.3 Å². The van der Waals surface area contributed by atoms with Gasteiger partial charge in [-0.1, -0.05) is 25.0 Å². The number of carbonyl (C=O) groups is 1. The van der Waals surface area contributed by atoms with E-state index in [1.165, 1.54) is 12.8 Å². The molecule has 0 amide bonds. The first-order valence-corrected chi connectivity index (χ1v) is 5.91. The van der Waals surface area contributed by atoms with Crippen molar-refractivity contribution in [2.75, 3.05) is 6.54 Å². The van der Waals surface area contributed by atoms with E-state index in [4.69, 9.17) is 0 Å². The van der Waals surface area contributed by atoms with Crippen LogP contribution >= 0.6 is 0 Å². The molecule has 2 nitrogen and oxygen atoms in total. The maximum Gasteiger partial charge on any atom is 0.155 e. The maximum atomic E-state index is 12.0. The number of allylic oxidation sites excluding steroid dienone is 2. The van der Waals surface area contributed by atoms with Gasteiger partial charge >= 0.3 is 0 Å². The molecule has 0 N–H and O–H groups in total. The van der Waals surface area contributed by atoms with Crippen molar-refractivity contribution in [1.29, 1.82) is 0 Å². The van der Waals surface area contributed by atoms with Crippen LogP contribution in [0.2, 0.25) is 0 Å². The first-order valence-electron chi connectivity index (χ1n) is 5.91. The average molecular weight is 205 g/mol. The zero-order valence-electron chi connectivity index (χ0n) is 9.36. The zero-order valence-corrected chi connectivity index (χ0v) is 9.36. The van der Waals surface area contributed by atoms with Crippen molar-refractivity contribution >= 4 is 5.78 Å². The largest absolute Gasteiger partial charge is 0.364 e. The molecule has 0 bridgehead atoms. The summed E-state index contributed by atoms with van der Waals surface area (Å²) in [5.41, 5.74) is 0. The average Bonchev–Trinajstić information content (AvgIpc) is 2.74. The van der Waals surface area contributed by atoms with Crippen molar-refractivity contribution in [1.82, 2.24) is 4.90 Å². The molecule has 2 heteroatoms. The van der Waals surface area contributed by atoms with E-state index in [-0.39, 0.29) is 0 Å². The van der Waals surface area contributed by atoms with Gasteiger partial charge in [-0.2, -0.15) is 0 Å². The normalized spacial score (nSPS) is 26.2. The number of hydrogen-bond donors (Lipinski definition) is 0. The van der Waals surface area contributed by atoms with Gasteiger partial charge < -0.3 is 4.90 Å². The molecule has 0 radical (unpaired) electrons. The first-order chi connectivity index (χ1) is 7.27. The van der Waals surface area contributed by atoms with Crippen molar-refractivity contribution in [3.63, 3.8) is 0 Å². The van der Waals surface area contributed by atoms with Gasteiger partial charge in [-0.25, -0.2) is 0 Å². The van der Waals surface area contributed by atoms with E-state index in [9.17, 15) is 4.79 Å². The van der Waals surface area contributed by atoms with E-state index in [1.54, 1.807) is 0 Å². The van der Waals surface area contributed by atoms with E-state index in [0.29, 0.717) is 24.3 Å². The summed E-state index contributed by atoms with van der Waals surface area (Å²) in [6, 6.07) is 0.361. The van der Waals surface area contributed by atoms with Gasteiger partial charge in [-0.15, -0.1) is 0 Å². The van der Waals surface area contributed by atoms with Crippen LogP contribution in [0.5, 0.6) is 0 Å². The zero-order chi connectivity index (χ0) is 10.7. The molecule has 1 atom stereocenters. The third kappa shape index (κ3) is 2.49. The van der Waals surface area contributed by atoms with Crippen LogP contribution in [0, 0.1) is 5.92 Å². The fourth-order valence-corrected chi connectivity index (χ4v) is 2.39. The highest BCUT2D eigenvalue weighted by molar-refractivity contribution is 5.83. The third-order valence-corrected chi connectivity index (χ3v) is 3.45. The van der Waals surface area contributed by atoms with E-state index in [1.807, 2.05) is 18.4 Å². The Morgan fingerprint density at radius 3 is 2.73 bits per heavy atom. The lowest BCUT2D eigenvalue weighted by molar-refractivity contribution is -0.123. The first kappa shape index (κ1) is 10.5. The quantitative estimate of drug-likeness (QED) is 0.705. The highest BCUT2D eigenvalue weighted by Gasteiger charge is 2.24. The van der Waals surface area contributed by atoms with Crippen molar-refractivity contribution < 1.29 is 4.79 Å². The minimum absolute atomic E-state index is 0.344. The second-order valence-corrected chi connectivity index (χ2v) is 4.59. The number of ketones is 1. The summed E-state index contributed by atoms with van der Waals surface area (Å²) in [5, 5.41) is 0. The molecular formula is C13H19NO. The van der Waals surface area contributed by atoms with E-state index < -0.39 is 0 Å². The van der Waals surface area contributed by atoms with Gasteiger partial charge in [0.05, 0.1) is 6.54 Å². The van der Waals surface area contributed by atoms with Crippen molar-refractivity contribution in [3.8, 4) is 0 Å². The van der Waals surface area contributed by atoms with Crippen LogP contribution in [0.1, 0.15) is 32.6 Å². The van der Waals surface area contributed by atoms with Crippen molar-refractivity contribution in [3.05, 3.63) is 24.4 Å². The third-order valence-electron chi connectivity index (χ3n) is 3.45. The minimum Gasteiger partial charge on any atom is -0.364 e. The topological polar surface area (TPSA) is 20.3 Å². The summed E-state index contributed by atoms with van der Waals surface area (Å²) in [4.78, 5) is 14.1.